The average Bonchev–Trinajstić information content (AvgIpc) is 2.61. The van der Waals surface area contributed by atoms with Crippen LogP contribution in [0.15, 0.2) is 48.5 Å². The van der Waals surface area contributed by atoms with Gasteiger partial charge in [-0.15, -0.1) is 0 Å². The van der Waals surface area contributed by atoms with Crippen LogP contribution in [0.3, 0.4) is 0 Å². The smallest absolute Gasteiger partial charge is 0.259 e. The van der Waals surface area contributed by atoms with Gasteiger partial charge in [0.25, 0.3) is 11.8 Å². The van der Waals surface area contributed by atoms with Gasteiger partial charge >= 0.3 is 0 Å². The van der Waals surface area contributed by atoms with E-state index in [-0.39, 0.29) is 24.0 Å². The number of rotatable bonds is 7. The van der Waals surface area contributed by atoms with Gasteiger partial charge in [0.15, 0.2) is 0 Å². The van der Waals surface area contributed by atoms with Crippen LogP contribution in [0.2, 0.25) is 0 Å². The number of anilines is 1. The highest BCUT2D eigenvalue weighted by atomic mass is 16.5. The molecule has 0 aromatic heterocycles. The molecular weight excluding hydrogens is 328 g/mol. The van der Waals surface area contributed by atoms with E-state index in [0.717, 1.165) is 6.42 Å². The molecule has 0 heterocycles. The molecule has 0 aliphatic heterocycles. The Morgan fingerprint density at radius 2 is 1.54 bits per heavy atom. The van der Waals surface area contributed by atoms with Crippen LogP contribution in [-0.4, -0.2) is 24.0 Å². The van der Waals surface area contributed by atoms with Gasteiger partial charge < -0.3 is 15.4 Å². The molecule has 1 atom stereocenters. The van der Waals surface area contributed by atoms with E-state index in [2.05, 4.69) is 10.6 Å². The maximum atomic E-state index is 12.7. The van der Waals surface area contributed by atoms with E-state index in [0.29, 0.717) is 22.6 Å². The Labute approximate surface area is 154 Å². The summed E-state index contributed by atoms with van der Waals surface area (Å²) in [5.41, 5.74) is 1.33. The third kappa shape index (κ3) is 5.09. The lowest BCUT2D eigenvalue weighted by atomic mass is 10.1. The molecular formula is C21H26N2O3. The Hall–Kier alpha value is -2.82. The van der Waals surface area contributed by atoms with Gasteiger partial charge in [0.05, 0.1) is 22.9 Å². The first-order valence-electron chi connectivity index (χ1n) is 8.89. The summed E-state index contributed by atoms with van der Waals surface area (Å²) in [4.78, 5) is 25.2. The lowest BCUT2D eigenvalue weighted by molar-refractivity contribution is 0.0940. The van der Waals surface area contributed by atoms with Crippen molar-refractivity contribution in [1.29, 1.82) is 0 Å². The molecule has 2 aromatic carbocycles. The Kier molecular flexibility index (Phi) is 6.78. The third-order valence-electron chi connectivity index (χ3n) is 3.90. The Bertz CT molecular complexity index is 771. The van der Waals surface area contributed by atoms with Crippen molar-refractivity contribution in [3.63, 3.8) is 0 Å². The second-order valence-corrected chi connectivity index (χ2v) is 6.45. The standard InChI is InChI=1S/C21H26N2O3/c1-5-15(4)22-20(24)16-10-6-8-12-18(16)23-21(25)17-11-7-9-13-19(17)26-14(2)3/h6-15H,5H2,1-4H3,(H,22,24)(H,23,25). The van der Waals surface area contributed by atoms with Crippen molar-refractivity contribution < 1.29 is 14.3 Å². The van der Waals surface area contributed by atoms with Crippen LogP contribution in [0.1, 0.15) is 54.8 Å². The molecule has 5 heteroatoms. The van der Waals surface area contributed by atoms with Crippen LogP contribution in [-0.2, 0) is 0 Å². The summed E-state index contributed by atoms with van der Waals surface area (Å²) in [7, 11) is 0. The van der Waals surface area contributed by atoms with Crippen molar-refractivity contribution in [2.45, 2.75) is 46.3 Å². The quantitative estimate of drug-likeness (QED) is 0.781. The maximum Gasteiger partial charge on any atom is 0.259 e. The van der Waals surface area contributed by atoms with Crippen LogP contribution >= 0.6 is 0 Å². The molecule has 1 unspecified atom stereocenters. The van der Waals surface area contributed by atoms with E-state index in [4.69, 9.17) is 4.74 Å². The minimum Gasteiger partial charge on any atom is -0.490 e. The van der Waals surface area contributed by atoms with E-state index < -0.39 is 0 Å². The molecule has 0 saturated heterocycles. The first kappa shape index (κ1) is 19.5. The molecule has 0 spiro atoms. The first-order chi connectivity index (χ1) is 12.4. The number of carbonyl (C=O) groups excluding carboxylic acids is 2. The molecule has 0 aliphatic rings. The van der Waals surface area contributed by atoms with E-state index in [9.17, 15) is 9.59 Å². The molecule has 0 radical (unpaired) electrons. The molecule has 2 amide bonds. The summed E-state index contributed by atoms with van der Waals surface area (Å²) in [6, 6.07) is 14.1. The topological polar surface area (TPSA) is 67.4 Å². The predicted octanol–water partition coefficient (Wildman–Crippen LogP) is 4.25. The zero-order chi connectivity index (χ0) is 19.1. The third-order valence-corrected chi connectivity index (χ3v) is 3.90. The Morgan fingerprint density at radius 1 is 0.923 bits per heavy atom. The van der Waals surface area contributed by atoms with Gasteiger partial charge in [0, 0.05) is 6.04 Å². The monoisotopic (exact) mass is 354 g/mol. The summed E-state index contributed by atoms with van der Waals surface area (Å²) < 4.78 is 5.71. The number of hydrogen-bond acceptors (Lipinski definition) is 3. The van der Waals surface area contributed by atoms with Crippen LogP contribution in [0, 0.1) is 0 Å². The minimum absolute atomic E-state index is 0.0439. The number of para-hydroxylation sites is 2. The fourth-order valence-corrected chi connectivity index (χ4v) is 2.39. The molecule has 2 rings (SSSR count). The summed E-state index contributed by atoms with van der Waals surface area (Å²) in [6.07, 6.45) is 0.790. The van der Waals surface area contributed by atoms with E-state index >= 15 is 0 Å². The van der Waals surface area contributed by atoms with Gasteiger partial charge in [-0.3, -0.25) is 9.59 Å². The molecule has 138 valence electrons. The van der Waals surface area contributed by atoms with Gasteiger partial charge in [0.2, 0.25) is 0 Å². The zero-order valence-electron chi connectivity index (χ0n) is 15.7. The van der Waals surface area contributed by atoms with E-state index in [1.54, 1.807) is 42.5 Å². The SMILES string of the molecule is CCC(C)NC(=O)c1ccccc1NC(=O)c1ccccc1OC(C)C. The number of nitrogens with one attached hydrogen (secondary N) is 2. The number of amides is 2. The molecule has 0 fully saturated rings. The van der Waals surface area contributed by atoms with Gasteiger partial charge in [-0.25, -0.2) is 0 Å². The van der Waals surface area contributed by atoms with Crippen LogP contribution in [0.25, 0.3) is 0 Å². The predicted molar refractivity (Wildman–Crippen MR) is 104 cm³/mol. The lowest BCUT2D eigenvalue weighted by Crippen LogP contribution is -2.32. The lowest BCUT2D eigenvalue weighted by Gasteiger charge is -2.16. The van der Waals surface area contributed by atoms with Crippen LogP contribution in [0.4, 0.5) is 5.69 Å². The van der Waals surface area contributed by atoms with Gasteiger partial charge in [-0.2, -0.15) is 0 Å². The van der Waals surface area contributed by atoms with Crippen LogP contribution in [0.5, 0.6) is 5.75 Å². The Morgan fingerprint density at radius 3 is 2.19 bits per heavy atom. The summed E-state index contributed by atoms with van der Waals surface area (Å²) in [5.74, 6) is -0.00598. The van der Waals surface area contributed by atoms with Crippen molar-refractivity contribution >= 4 is 17.5 Å². The fraction of sp³-hybridized carbons (Fsp3) is 0.333. The Balaban J connectivity index is 2.24. The molecule has 0 saturated carbocycles. The van der Waals surface area contributed by atoms with Crippen molar-refractivity contribution in [3.05, 3.63) is 59.7 Å². The molecule has 0 aliphatic carbocycles. The summed E-state index contributed by atoms with van der Waals surface area (Å²) in [6.45, 7) is 7.76. The molecule has 2 aromatic rings. The fourth-order valence-electron chi connectivity index (χ4n) is 2.39. The zero-order valence-corrected chi connectivity index (χ0v) is 15.7. The van der Waals surface area contributed by atoms with Crippen LogP contribution < -0.4 is 15.4 Å². The molecule has 26 heavy (non-hydrogen) atoms. The number of ether oxygens (including phenoxy) is 1. The van der Waals surface area contributed by atoms with Crippen molar-refractivity contribution in [2.24, 2.45) is 0 Å². The molecule has 0 bridgehead atoms. The average molecular weight is 354 g/mol. The maximum absolute atomic E-state index is 12.7. The minimum atomic E-state index is -0.315. The largest absolute Gasteiger partial charge is 0.490 e. The van der Waals surface area contributed by atoms with Gasteiger partial charge in [-0.1, -0.05) is 31.2 Å². The van der Waals surface area contributed by atoms with Crippen molar-refractivity contribution in [2.75, 3.05) is 5.32 Å². The summed E-state index contributed by atoms with van der Waals surface area (Å²) >= 11 is 0. The first-order valence-corrected chi connectivity index (χ1v) is 8.89. The number of carbonyl (C=O) groups is 2. The number of hydrogen-bond donors (Lipinski definition) is 2. The second kappa shape index (κ2) is 9.04. The van der Waals surface area contributed by atoms with E-state index in [1.807, 2.05) is 33.8 Å². The molecule has 5 nitrogen and oxygen atoms in total. The van der Waals surface area contributed by atoms with Gasteiger partial charge in [0.1, 0.15) is 5.75 Å². The normalized spacial score (nSPS) is 11.7. The highest BCUT2D eigenvalue weighted by Gasteiger charge is 2.17. The van der Waals surface area contributed by atoms with Crippen molar-refractivity contribution in [3.8, 4) is 5.75 Å². The van der Waals surface area contributed by atoms with E-state index in [1.165, 1.54) is 0 Å². The highest BCUT2D eigenvalue weighted by Crippen LogP contribution is 2.22. The van der Waals surface area contributed by atoms with Gasteiger partial charge in [-0.05, 0) is 51.5 Å². The molecule has 2 N–H and O–H groups in total. The number of benzene rings is 2. The summed E-state index contributed by atoms with van der Waals surface area (Å²) in [5, 5.41) is 5.75. The van der Waals surface area contributed by atoms with Crippen molar-refractivity contribution in [1.82, 2.24) is 5.32 Å². The highest BCUT2D eigenvalue weighted by molar-refractivity contribution is 6.10. The second-order valence-electron chi connectivity index (χ2n) is 6.45.